The highest BCUT2D eigenvalue weighted by Crippen LogP contribution is 2.32. The monoisotopic (exact) mass is 392 g/mol. The fourth-order valence-electron chi connectivity index (χ4n) is 2.51. The van der Waals surface area contributed by atoms with Crippen LogP contribution < -0.4 is 19.1 Å². The Bertz CT molecular complexity index is 895. The molecular formula is C19H24N2O5S. The van der Waals surface area contributed by atoms with Crippen molar-refractivity contribution in [2.24, 2.45) is 0 Å². The maximum atomic E-state index is 13.3. The maximum Gasteiger partial charge on any atom is 0.264 e. The number of sulfonamides is 1. The number of ether oxygens (including phenoxy) is 2. The largest absolute Gasteiger partial charge is 0.493 e. The fraction of sp³-hybridized carbons (Fsp3) is 0.316. The van der Waals surface area contributed by atoms with Crippen LogP contribution in [0.15, 0.2) is 47.4 Å². The zero-order valence-electron chi connectivity index (χ0n) is 15.9. The van der Waals surface area contributed by atoms with Crippen LogP contribution in [0, 0.1) is 6.92 Å². The van der Waals surface area contributed by atoms with Crippen LogP contribution in [0.4, 0.5) is 5.69 Å². The summed E-state index contributed by atoms with van der Waals surface area (Å²) in [4.78, 5) is 12.1. The Balaban J connectivity index is 2.52. The molecule has 0 aliphatic heterocycles. The number of methoxy groups -OCH3 is 2. The normalized spacial score (nSPS) is 11.0. The van der Waals surface area contributed by atoms with Crippen LogP contribution in [0.25, 0.3) is 0 Å². The summed E-state index contributed by atoms with van der Waals surface area (Å²) in [5, 5.41) is 2.63. The van der Waals surface area contributed by atoms with E-state index in [1.165, 1.54) is 32.4 Å². The van der Waals surface area contributed by atoms with Gasteiger partial charge in [0.1, 0.15) is 6.54 Å². The van der Waals surface area contributed by atoms with E-state index in [9.17, 15) is 13.2 Å². The molecule has 0 unspecified atom stereocenters. The molecule has 0 spiro atoms. The van der Waals surface area contributed by atoms with Gasteiger partial charge in [-0.3, -0.25) is 9.10 Å². The summed E-state index contributed by atoms with van der Waals surface area (Å²) in [5.41, 5.74) is 1.39. The zero-order chi connectivity index (χ0) is 20.0. The molecule has 1 amide bonds. The highest BCUT2D eigenvalue weighted by molar-refractivity contribution is 7.92. The Kier molecular flexibility index (Phi) is 6.68. The lowest BCUT2D eigenvalue weighted by Crippen LogP contribution is -2.40. The molecular weight excluding hydrogens is 368 g/mol. The van der Waals surface area contributed by atoms with Gasteiger partial charge in [0.25, 0.3) is 10.0 Å². The number of nitrogens with zero attached hydrogens (tertiary/aromatic N) is 1. The van der Waals surface area contributed by atoms with Crippen molar-refractivity contribution in [3.05, 3.63) is 48.0 Å². The maximum absolute atomic E-state index is 13.3. The molecule has 2 rings (SSSR count). The molecule has 8 heteroatoms. The summed E-state index contributed by atoms with van der Waals surface area (Å²) in [6, 6.07) is 11.3. The zero-order valence-corrected chi connectivity index (χ0v) is 16.7. The van der Waals surface area contributed by atoms with E-state index in [0.717, 1.165) is 9.87 Å². The molecule has 0 bridgehead atoms. The van der Waals surface area contributed by atoms with Crippen molar-refractivity contribution in [3.63, 3.8) is 0 Å². The van der Waals surface area contributed by atoms with E-state index >= 15 is 0 Å². The first-order chi connectivity index (χ1) is 12.8. The smallest absolute Gasteiger partial charge is 0.264 e. The summed E-state index contributed by atoms with van der Waals surface area (Å²) in [7, 11) is -1.10. The van der Waals surface area contributed by atoms with Gasteiger partial charge in [0, 0.05) is 12.6 Å². The predicted molar refractivity (Wildman–Crippen MR) is 104 cm³/mol. The van der Waals surface area contributed by atoms with Crippen molar-refractivity contribution in [3.8, 4) is 11.5 Å². The number of benzene rings is 2. The van der Waals surface area contributed by atoms with Gasteiger partial charge < -0.3 is 14.8 Å². The first kappa shape index (κ1) is 20.6. The lowest BCUT2D eigenvalue weighted by Gasteiger charge is -2.24. The van der Waals surface area contributed by atoms with Crippen LogP contribution in [0.5, 0.6) is 11.5 Å². The van der Waals surface area contributed by atoms with Gasteiger partial charge in [-0.1, -0.05) is 17.7 Å². The SMILES string of the molecule is CCNC(=O)CN(c1ccc(C)cc1)S(=O)(=O)c1ccc(OC)c(OC)c1. The van der Waals surface area contributed by atoms with Gasteiger partial charge in [0.2, 0.25) is 5.91 Å². The van der Waals surface area contributed by atoms with Gasteiger partial charge in [-0.2, -0.15) is 0 Å². The van der Waals surface area contributed by atoms with E-state index in [1.54, 1.807) is 31.2 Å². The molecule has 0 fully saturated rings. The van der Waals surface area contributed by atoms with Crippen LogP contribution in [0.2, 0.25) is 0 Å². The number of anilines is 1. The summed E-state index contributed by atoms with van der Waals surface area (Å²) >= 11 is 0. The molecule has 27 heavy (non-hydrogen) atoms. The molecule has 0 radical (unpaired) electrons. The number of carbonyl (C=O) groups is 1. The molecule has 2 aromatic rings. The average molecular weight is 392 g/mol. The average Bonchev–Trinajstić information content (AvgIpc) is 2.66. The topological polar surface area (TPSA) is 84.9 Å². The number of amides is 1. The van der Waals surface area contributed by atoms with Crippen molar-refractivity contribution in [2.45, 2.75) is 18.7 Å². The predicted octanol–water partition coefficient (Wildman–Crippen LogP) is 2.34. The number of nitrogens with one attached hydrogen (secondary N) is 1. The highest BCUT2D eigenvalue weighted by Gasteiger charge is 2.28. The third-order valence-electron chi connectivity index (χ3n) is 3.93. The van der Waals surface area contributed by atoms with Crippen molar-refractivity contribution in [2.75, 3.05) is 31.6 Å². The van der Waals surface area contributed by atoms with Crippen molar-refractivity contribution in [1.29, 1.82) is 0 Å². The Labute approximate surface area is 160 Å². The summed E-state index contributed by atoms with van der Waals surface area (Å²) in [5.74, 6) is 0.324. The van der Waals surface area contributed by atoms with Crippen molar-refractivity contribution in [1.82, 2.24) is 5.32 Å². The number of hydrogen-bond acceptors (Lipinski definition) is 5. The third kappa shape index (κ3) is 4.71. The molecule has 0 heterocycles. The standard InChI is InChI=1S/C19H24N2O5S/c1-5-20-19(22)13-21(15-8-6-14(2)7-9-15)27(23,24)16-10-11-17(25-3)18(12-16)26-4/h6-12H,5,13H2,1-4H3,(H,20,22). The molecule has 0 aromatic heterocycles. The molecule has 1 N–H and O–H groups in total. The minimum atomic E-state index is -4.00. The minimum Gasteiger partial charge on any atom is -0.493 e. The van der Waals surface area contributed by atoms with Crippen LogP contribution in [-0.4, -0.2) is 41.6 Å². The second-order valence-corrected chi connectivity index (χ2v) is 7.68. The van der Waals surface area contributed by atoms with Gasteiger partial charge >= 0.3 is 0 Å². The van der Waals surface area contributed by atoms with E-state index in [0.29, 0.717) is 23.7 Å². The summed E-state index contributed by atoms with van der Waals surface area (Å²) in [6.45, 7) is 3.77. The van der Waals surface area contributed by atoms with Gasteiger partial charge in [0.05, 0.1) is 24.8 Å². The second kappa shape index (κ2) is 8.77. The Hall–Kier alpha value is -2.74. The van der Waals surface area contributed by atoms with Gasteiger partial charge in [-0.15, -0.1) is 0 Å². The summed E-state index contributed by atoms with van der Waals surface area (Å²) in [6.07, 6.45) is 0. The van der Waals surface area contributed by atoms with E-state index in [-0.39, 0.29) is 17.3 Å². The van der Waals surface area contributed by atoms with Crippen LogP contribution in [0.3, 0.4) is 0 Å². The summed E-state index contributed by atoms with van der Waals surface area (Å²) < 4.78 is 38.0. The number of aryl methyl sites for hydroxylation is 1. The lowest BCUT2D eigenvalue weighted by atomic mass is 10.2. The van der Waals surface area contributed by atoms with E-state index in [4.69, 9.17) is 9.47 Å². The number of likely N-dealkylation sites (N-methyl/N-ethyl adjacent to an activating group) is 1. The highest BCUT2D eigenvalue weighted by atomic mass is 32.2. The third-order valence-corrected chi connectivity index (χ3v) is 5.70. The Morgan fingerprint density at radius 1 is 1.04 bits per heavy atom. The lowest BCUT2D eigenvalue weighted by molar-refractivity contribution is -0.119. The van der Waals surface area contributed by atoms with Gasteiger partial charge in [-0.25, -0.2) is 8.42 Å². The van der Waals surface area contributed by atoms with E-state index < -0.39 is 10.0 Å². The molecule has 0 saturated carbocycles. The number of carbonyl (C=O) groups excluding carboxylic acids is 1. The van der Waals surface area contributed by atoms with Gasteiger partial charge in [0.15, 0.2) is 11.5 Å². The van der Waals surface area contributed by atoms with Crippen LogP contribution in [0.1, 0.15) is 12.5 Å². The molecule has 2 aromatic carbocycles. The minimum absolute atomic E-state index is 0.00465. The van der Waals surface area contributed by atoms with E-state index in [1.807, 2.05) is 6.92 Å². The van der Waals surface area contributed by atoms with Crippen LogP contribution >= 0.6 is 0 Å². The van der Waals surface area contributed by atoms with Crippen molar-refractivity contribution < 1.29 is 22.7 Å². The Morgan fingerprint density at radius 3 is 2.22 bits per heavy atom. The van der Waals surface area contributed by atoms with Crippen molar-refractivity contribution >= 4 is 21.6 Å². The fourth-order valence-corrected chi connectivity index (χ4v) is 3.95. The Morgan fingerprint density at radius 2 is 1.67 bits per heavy atom. The number of hydrogen-bond donors (Lipinski definition) is 1. The number of rotatable bonds is 8. The molecule has 0 saturated heterocycles. The second-order valence-electron chi connectivity index (χ2n) is 5.82. The first-order valence-electron chi connectivity index (χ1n) is 8.41. The van der Waals surface area contributed by atoms with Gasteiger partial charge in [-0.05, 0) is 38.1 Å². The molecule has 0 aliphatic rings. The molecule has 0 aliphatic carbocycles. The quantitative estimate of drug-likeness (QED) is 0.745. The first-order valence-corrected chi connectivity index (χ1v) is 9.85. The van der Waals surface area contributed by atoms with E-state index in [2.05, 4.69) is 5.32 Å². The van der Waals surface area contributed by atoms with Crippen LogP contribution in [-0.2, 0) is 14.8 Å². The molecule has 146 valence electrons. The molecule has 7 nitrogen and oxygen atoms in total. The molecule has 0 atom stereocenters.